The van der Waals surface area contributed by atoms with E-state index in [9.17, 15) is 9.18 Å². The molecular formula is C13H17Cl2FN2O2. The first kappa shape index (κ1) is 17.0. The Balaban J connectivity index is 0.00000200. The van der Waals surface area contributed by atoms with Crippen LogP contribution in [0.3, 0.4) is 0 Å². The maximum absolute atomic E-state index is 13.0. The highest BCUT2D eigenvalue weighted by atomic mass is 35.5. The van der Waals surface area contributed by atoms with Gasteiger partial charge in [-0.25, -0.2) is 4.39 Å². The lowest BCUT2D eigenvalue weighted by atomic mass is 10.2. The van der Waals surface area contributed by atoms with Crippen molar-refractivity contribution in [1.82, 2.24) is 10.2 Å². The maximum atomic E-state index is 13.0. The summed E-state index contributed by atoms with van der Waals surface area (Å²) in [4.78, 5) is 13.8. The summed E-state index contributed by atoms with van der Waals surface area (Å²) in [6, 6.07) is 4.19. The first-order valence-corrected chi connectivity index (χ1v) is 6.54. The molecule has 1 heterocycles. The molecule has 1 N–H and O–H groups in total. The van der Waals surface area contributed by atoms with E-state index in [2.05, 4.69) is 5.32 Å². The summed E-state index contributed by atoms with van der Waals surface area (Å²) >= 11 is 5.64. The summed E-state index contributed by atoms with van der Waals surface area (Å²) in [6.45, 7) is 4.17. The number of carbonyl (C=O) groups excluding carboxylic acids is 1. The van der Waals surface area contributed by atoms with Crippen LogP contribution in [0.1, 0.15) is 6.92 Å². The number of carbonyl (C=O) groups is 1. The number of piperazine rings is 1. The van der Waals surface area contributed by atoms with E-state index in [1.807, 2.05) is 6.92 Å². The molecule has 1 atom stereocenters. The molecule has 1 aliphatic heterocycles. The molecule has 1 amide bonds. The van der Waals surface area contributed by atoms with Gasteiger partial charge in [0.15, 0.2) is 6.61 Å². The molecule has 0 spiro atoms. The first-order valence-electron chi connectivity index (χ1n) is 6.16. The number of nitrogens with zero attached hydrogens (tertiary/aromatic N) is 1. The fourth-order valence-electron chi connectivity index (χ4n) is 2.01. The number of halogens is 3. The normalized spacial score (nSPS) is 18.4. The lowest BCUT2D eigenvalue weighted by Crippen LogP contribution is -2.53. The van der Waals surface area contributed by atoms with Gasteiger partial charge in [-0.1, -0.05) is 11.6 Å². The minimum Gasteiger partial charge on any atom is -0.484 e. The molecule has 0 saturated carbocycles. The Hall–Kier alpha value is -1.04. The van der Waals surface area contributed by atoms with Gasteiger partial charge < -0.3 is 15.0 Å². The number of amides is 1. The minimum atomic E-state index is -0.504. The Morgan fingerprint density at radius 1 is 1.60 bits per heavy atom. The zero-order chi connectivity index (χ0) is 13.8. The molecule has 1 aromatic carbocycles. The van der Waals surface area contributed by atoms with E-state index in [0.29, 0.717) is 12.3 Å². The van der Waals surface area contributed by atoms with Crippen LogP contribution in [0.5, 0.6) is 5.75 Å². The standard InChI is InChI=1S/C13H16ClFN2O2.ClH/c1-9-7-16-4-5-17(9)13(18)8-19-10-2-3-12(15)11(14)6-10;/h2-3,6,9,16H,4-5,7-8H2,1H3;1H/t9-;/m0./s1. The minimum absolute atomic E-state index is 0. The Bertz CT molecular complexity index is 474. The van der Waals surface area contributed by atoms with Crippen LogP contribution in [0.15, 0.2) is 18.2 Å². The molecule has 112 valence electrons. The Morgan fingerprint density at radius 3 is 3.00 bits per heavy atom. The van der Waals surface area contributed by atoms with Gasteiger partial charge in [0, 0.05) is 31.7 Å². The summed E-state index contributed by atoms with van der Waals surface area (Å²) in [5, 5.41) is 3.20. The zero-order valence-corrected chi connectivity index (χ0v) is 12.6. The third-order valence-corrected chi connectivity index (χ3v) is 3.36. The second kappa shape index (κ2) is 7.67. The number of benzene rings is 1. The molecule has 0 aromatic heterocycles. The molecule has 2 rings (SSSR count). The quantitative estimate of drug-likeness (QED) is 0.926. The molecule has 0 aliphatic carbocycles. The molecule has 1 aliphatic rings. The largest absolute Gasteiger partial charge is 0.484 e. The van der Waals surface area contributed by atoms with Crippen molar-refractivity contribution in [2.75, 3.05) is 26.2 Å². The van der Waals surface area contributed by atoms with Gasteiger partial charge in [0.1, 0.15) is 11.6 Å². The van der Waals surface area contributed by atoms with Crippen LogP contribution in [0, 0.1) is 5.82 Å². The van der Waals surface area contributed by atoms with Crippen molar-refractivity contribution in [2.45, 2.75) is 13.0 Å². The van der Waals surface area contributed by atoms with Gasteiger partial charge in [-0.15, -0.1) is 12.4 Å². The highest BCUT2D eigenvalue weighted by Crippen LogP contribution is 2.21. The van der Waals surface area contributed by atoms with Crippen LogP contribution in [-0.4, -0.2) is 43.1 Å². The number of nitrogens with one attached hydrogen (secondary N) is 1. The van der Waals surface area contributed by atoms with Crippen LogP contribution < -0.4 is 10.1 Å². The van der Waals surface area contributed by atoms with Gasteiger partial charge in [-0.2, -0.15) is 0 Å². The summed E-state index contributed by atoms with van der Waals surface area (Å²) in [5.74, 6) is -0.187. The van der Waals surface area contributed by atoms with E-state index in [1.165, 1.54) is 18.2 Å². The van der Waals surface area contributed by atoms with Gasteiger partial charge in [0.25, 0.3) is 5.91 Å². The lowest BCUT2D eigenvalue weighted by Gasteiger charge is -2.33. The van der Waals surface area contributed by atoms with Gasteiger partial charge >= 0.3 is 0 Å². The van der Waals surface area contributed by atoms with Gasteiger partial charge in [0.05, 0.1) is 5.02 Å². The predicted octanol–water partition coefficient (Wildman–Crippen LogP) is 2.10. The lowest BCUT2D eigenvalue weighted by molar-refractivity contribution is -0.136. The van der Waals surface area contributed by atoms with Crippen LogP contribution in [0.4, 0.5) is 4.39 Å². The smallest absolute Gasteiger partial charge is 0.260 e. The van der Waals surface area contributed by atoms with E-state index >= 15 is 0 Å². The van der Waals surface area contributed by atoms with E-state index in [-0.39, 0.29) is 36.0 Å². The van der Waals surface area contributed by atoms with Gasteiger partial charge in [-0.3, -0.25) is 4.79 Å². The monoisotopic (exact) mass is 322 g/mol. The van der Waals surface area contributed by atoms with Crippen molar-refractivity contribution in [3.63, 3.8) is 0 Å². The molecule has 4 nitrogen and oxygen atoms in total. The van der Waals surface area contributed by atoms with E-state index in [0.717, 1.165) is 13.1 Å². The average molecular weight is 323 g/mol. The molecule has 20 heavy (non-hydrogen) atoms. The number of rotatable bonds is 3. The van der Waals surface area contributed by atoms with Gasteiger partial charge in [0.2, 0.25) is 0 Å². The fourth-order valence-corrected chi connectivity index (χ4v) is 2.18. The van der Waals surface area contributed by atoms with Gasteiger partial charge in [-0.05, 0) is 19.1 Å². The van der Waals surface area contributed by atoms with E-state index in [4.69, 9.17) is 16.3 Å². The van der Waals surface area contributed by atoms with Crippen molar-refractivity contribution in [2.24, 2.45) is 0 Å². The maximum Gasteiger partial charge on any atom is 0.260 e. The summed E-state index contributed by atoms with van der Waals surface area (Å²) in [7, 11) is 0. The first-order chi connectivity index (χ1) is 9.08. The Labute approximate surface area is 128 Å². The molecule has 0 unspecified atom stereocenters. The molecule has 0 radical (unpaired) electrons. The highest BCUT2D eigenvalue weighted by molar-refractivity contribution is 6.30. The van der Waals surface area contributed by atoms with Crippen LogP contribution in [0.2, 0.25) is 5.02 Å². The predicted molar refractivity (Wildman–Crippen MR) is 78.2 cm³/mol. The second-order valence-electron chi connectivity index (χ2n) is 4.50. The number of ether oxygens (including phenoxy) is 1. The zero-order valence-electron chi connectivity index (χ0n) is 11.1. The molecule has 7 heteroatoms. The van der Waals surface area contributed by atoms with Crippen LogP contribution in [0.25, 0.3) is 0 Å². The molecule has 0 bridgehead atoms. The number of hydrogen-bond acceptors (Lipinski definition) is 3. The van der Waals surface area contributed by atoms with E-state index in [1.54, 1.807) is 4.90 Å². The molecule has 1 aromatic rings. The van der Waals surface area contributed by atoms with Crippen molar-refractivity contribution >= 4 is 29.9 Å². The third kappa shape index (κ3) is 4.23. The van der Waals surface area contributed by atoms with Crippen molar-refractivity contribution in [3.05, 3.63) is 29.0 Å². The van der Waals surface area contributed by atoms with Crippen molar-refractivity contribution in [1.29, 1.82) is 0 Å². The summed E-state index contributed by atoms with van der Waals surface area (Å²) < 4.78 is 18.3. The summed E-state index contributed by atoms with van der Waals surface area (Å²) in [6.07, 6.45) is 0. The van der Waals surface area contributed by atoms with Crippen LogP contribution in [-0.2, 0) is 4.79 Å². The SMILES string of the molecule is C[C@H]1CNCCN1C(=O)COc1ccc(F)c(Cl)c1.Cl. The molecular weight excluding hydrogens is 306 g/mol. The van der Waals surface area contributed by atoms with Crippen molar-refractivity contribution < 1.29 is 13.9 Å². The van der Waals surface area contributed by atoms with Crippen LogP contribution >= 0.6 is 24.0 Å². The average Bonchev–Trinajstić information content (AvgIpc) is 2.40. The van der Waals surface area contributed by atoms with E-state index < -0.39 is 5.82 Å². The van der Waals surface area contributed by atoms with Crippen molar-refractivity contribution in [3.8, 4) is 5.75 Å². The highest BCUT2D eigenvalue weighted by Gasteiger charge is 2.23. The Kier molecular flexibility index (Phi) is 6.52. The molecule has 1 fully saturated rings. The molecule has 1 saturated heterocycles. The fraction of sp³-hybridized carbons (Fsp3) is 0.462. The Morgan fingerprint density at radius 2 is 2.35 bits per heavy atom. The second-order valence-corrected chi connectivity index (χ2v) is 4.91. The number of hydrogen-bond donors (Lipinski definition) is 1. The summed E-state index contributed by atoms with van der Waals surface area (Å²) in [5.41, 5.74) is 0. The topological polar surface area (TPSA) is 41.6 Å². The third-order valence-electron chi connectivity index (χ3n) is 3.08.